The number of nitrogens with one attached hydrogen (secondary N) is 2. The Hall–Kier alpha value is -2.49. The number of carbonyl (C=O) groups excluding carboxylic acids is 2. The number of nitro groups is 1. The van der Waals surface area contributed by atoms with E-state index in [2.05, 4.69) is 10.6 Å². The summed E-state index contributed by atoms with van der Waals surface area (Å²) in [5.41, 5.74) is 0.0842. The zero-order valence-electron chi connectivity index (χ0n) is 14.9. The summed E-state index contributed by atoms with van der Waals surface area (Å²) in [6, 6.07) is 7.88. The van der Waals surface area contributed by atoms with Gasteiger partial charge in [0.2, 0.25) is 5.91 Å². The first-order valence-corrected chi connectivity index (χ1v) is 9.98. The van der Waals surface area contributed by atoms with Crippen LogP contribution in [0.4, 0.5) is 11.4 Å². The monoisotopic (exact) mass is 422 g/mol. The van der Waals surface area contributed by atoms with Crippen molar-refractivity contribution in [2.75, 3.05) is 25.0 Å². The van der Waals surface area contributed by atoms with Crippen molar-refractivity contribution in [3.8, 4) is 0 Å². The van der Waals surface area contributed by atoms with Gasteiger partial charge in [-0.05, 0) is 36.4 Å². The Bertz CT molecular complexity index is 866. The zero-order chi connectivity index (χ0) is 20.1. The van der Waals surface area contributed by atoms with E-state index >= 15 is 0 Å². The number of nitro benzene ring substituents is 1. The summed E-state index contributed by atoms with van der Waals surface area (Å²) in [5, 5.41) is 18.5. The Morgan fingerprint density at radius 3 is 2.68 bits per heavy atom. The first-order valence-electron chi connectivity index (χ1n) is 8.73. The first-order chi connectivity index (χ1) is 13.4. The molecule has 1 aromatic heterocycles. The molecule has 8 nitrogen and oxygen atoms in total. The van der Waals surface area contributed by atoms with E-state index in [0.29, 0.717) is 23.7 Å². The number of rotatable bonds is 6. The fourth-order valence-electron chi connectivity index (χ4n) is 3.03. The number of halogens is 1. The van der Waals surface area contributed by atoms with Crippen molar-refractivity contribution in [2.45, 2.75) is 18.9 Å². The summed E-state index contributed by atoms with van der Waals surface area (Å²) in [6.45, 7) is 1.55. The molecule has 1 aliphatic heterocycles. The van der Waals surface area contributed by atoms with Crippen LogP contribution in [0.5, 0.6) is 0 Å². The number of anilines is 1. The van der Waals surface area contributed by atoms with E-state index < -0.39 is 4.92 Å². The third-order valence-electron chi connectivity index (χ3n) is 4.46. The second-order valence-corrected chi connectivity index (χ2v) is 7.83. The van der Waals surface area contributed by atoms with Crippen LogP contribution in [0.15, 0.2) is 35.7 Å². The van der Waals surface area contributed by atoms with Crippen LogP contribution in [0, 0.1) is 10.1 Å². The molecule has 2 heterocycles. The number of hydrogen-bond acceptors (Lipinski definition) is 6. The summed E-state index contributed by atoms with van der Waals surface area (Å²) >= 11 is 7.18. The van der Waals surface area contributed by atoms with E-state index in [0.717, 1.165) is 12.8 Å². The molecule has 28 heavy (non-hydrogen) atoms. The lowest BCUT2D eigenvalue weighted by Gasteiger charge is -2.31. The second kappa shape index (κ2) is 9.13. The van der Waals surface area contributed by atoms with Gasteiger partial charge in [-0.3, -0.25) is 24.6 Å². The number of likely N-dealkylation sites (tertiary alicyclic amines) is 1. The summed E-state index contributed by atoms with van der Waals surface area (Å²) in [4.78, 5) is 37.4. The number of carbonyl (C=O) groups is 2. The fourth-order valence-corrected chi connectivity index (χ4v) is 3.85. The highest BCUT2D eigenvalue weighted by Gasteiger charge is 2.23. The van der Waals surface area contributed by atoms with Gasteiger partial charge in [0.25, 0.3) is 11.6 Å². The van der Waals surface area contributed by atoms with Gasteiger partial charge in [-0.25, -0.2) is 0 Å². The predicted octanol–water partition coefficient (Wildman–Crippen LogP) is 3.14. The average Bonchev–Trinajstić information content (AvgIpc) is 3.19. The molecule has 0 unspecified atom stereocenters. The van der Waals surface area contributed by atoms with Crippen molar-refractivity contribution in [1.29, 1.82) is 0 Å². The molecule has 0 radical (unpaired) electrons. The van der Waals surface area contributed by atoms with Gasteiger partial charge < -0.3 is 10.6 Å². The molecule has 0 spiro atoms. The Morgan fingerprint density at radius 2 is 2.04 bits per heavy atom. The van der Waals surface area contributed by atoms with Gasteiger partial charge in [0.05, 0.1) is 16.3 Å². The van der Waals surface area contributed by atoms with E-state index in [1.165, 1.54) is 29.5 Å². The van der Waals surface area contributed by atoms with Crippen LogP contribution in [-0.2, 0) is 4.79 Å². The summed E-state index contributed by atoms with van der Waals surface area (Å²) in [6.07, 6.45) is 1.52. The molecule has 1 fully saturated rings. The average molecular weight is 423 g/mol. The van der Waals surface area contributed by atoms with Crippen molar-refractivity contribution in [3.05, 3.63) is 55.7 Å². The van der Waals surface area contributed by atoms with E-state index in [1.54, 1.807) is 6.07 Å². The summed E-state index contributed by atoms with van der Waals surface area (Å²) in [5.74, 6) is -0.312. The van der Waals surface area contributed by atoms with Crippen LogP contribution < -0.4 is 10.6 Å². The van der Waals surface area contributed by atoms with Crippen LogP contribution in [0.3, 0.4) is 0 Å². The van der Waals surface area contributed by atoms with Crippen LogP contribution in [0.1, 0.15) is 22.5 Å². The highest BCUT2D eigenvalue weighted by Crippen LogP contribution is 2.27. The highest BCUT2D eigenvalue weighted by molar-refractivity contribution is 7.12. The van der Waals surface area contributed by atoms with Crippen LogP contribution in [0.25, 0.3) is 0 Å². The first kappa shape index (κ1) is 20.2. The number of nitrogens with zero attached hydrogens (tertiary/aromatic N) is 2. The molecule has 2 aromatic rings. The van der Waals surface area contributed by atoms with Crippen molar-refractivity contribution >= 4 is 46.1 Å². The highest BCUT2D eigenvalue weighted by atomic mass is 35.5. The van der Waals surface area contributed by atoms with Gasteiger partial charge >= 0.3 is 0 Å². The number of hydrogen-bond donors (Lipinski definition) is 2. The second-order valence-electron chi connectivity index (χ2n) is 6.47. The lowest BCUT2D eigenvalue weighted by molar-refractivity contribution is -0.384. The molecule has 1 aliphatic rings. The van der Waals surface area contributed by atoms with Crippen molar-refractivity contribution in [3.63, 3.8) is 0 Å². The standard InChI is InChI=1S/C18H19ClN4O4S/c19-14-4-3-13(10-15(14)23(26)27)20-17(24)11-22-7-5-12(6-8-22)21-18(25)16-2-1-9-28-16/h1-4,9-10,12H,5-8,11H2,(H,20,24)(H,21,25). The van der Waals surface area contributed by atoms with Crippen molar-refractivity contribution < 1.29 is 14.5 Å². The molecular weight excluding hydrogens is 404 g/mol. The Balaban J connectivity index is 1.45. The number of thiophene rings is 1. The number of benzene rings is 1. The molecule has 1 saturated heterocycles. The van der Waals surface area contributed by atoms with Crippen molar-refractivity contribution in [2.24, 2.45) is 0 Å². The molecule has 148 valence electrons. The molecule has 0 aliphatic carbocycles. The molecule has 0 bridgehead atoms. The Morgan fingerprint density at radius 1 is 1.29 bits per heavy atom. The van der Waals surface area contributed by atoms with Crippen LogP contribution >= 0.6 is 22.9 Å². The van der Waals surface area contributed by atoms with Gasteiger partial charge in [0, 0.05) is 30.9 Å². The van der Waals surface area contributed by atoms with Gasteiger partial charge in [-0.2, -0.15) is 0 Å². The maximum atomic E-state index is 12.2. The van der Waals surface area contributed by atoms with Crippen LogP contribution in [0.2, 0.25) is 5.02 Å². The molecule has 3 rings (SSSR count). The van der Waals surface area contributed by atoms with Gasteiger partial charge in [-0.1, -0.05) is 17.7 Å². The SMILES string of the molecule is O=C(CN1CCC(NC(=O)c2cccs2)CC1)Nc1ccc(Cl)c([N+](=O)[O-])c1. The lowest BCUT2D eigenvalue weighted by Crippen LogP contribution is -2.46. The molecule has 10 heteroatoms. The summed E-state index contributed by atoms with van der Waals surface area (Å²) < 4.78 is 0. The molecule has 2 amide bonds. The van der Waals surface area contributed by atoms with Crippen LogP contribution in [-0.4, -0.2) is 47.3 Å². The lowest BCUT2D eigenvalue weighted by atomic mass is 10.0. The smallest absolute Gasteiger partial charge is 0.289 e. The van der Waals surface area contributed by atoms with Gasteiger partial charge in [0.15, 0.2) is 0 Å². The van der Waals surface area contributed by atoms with Crippen molar-refractivity contribution in [1.82, 2.24) is 10.2 Å². The molecular formula is C18H19ClN4O4S. The van der Waals surface area contributed by atoms with Gasteiger partial charge in [-0.15, -0.1) is 11.3 Å². The largest absolute Gasteiger partial charge is 0.349 e. The molecule has 2 N–H and O–H groups in total. The third kappa shape index (κ3) is 5.28. The Labute approximate surface area is 170 Å². The molecule has 0 saturated carbocycles. The third-order valence-corrected chi connectivity index (χ3v) is 5.65. The number of piperidine rings is 1. The maximum absolute atomic E-state index is 12.2. The topological polar surface area (TPSA) is 105 Å². The molecule has 0 atom stereocenters. The normalized spacial score (nSPS) is 15.2. The van der Waals surface area contributed by atoms with E-state index in [9.17, 15) is 19.7 Å². The van der Waals surface area contributed by atoms with E-state index in [1.807, 2.05) is 16.3 Å². The van der Waals surface area contributed by atoms with E-state index in [-0.39, 0.29) is 35.1 Å². The Kier molecular flexibility index (Phi) is 6.61. The summed E-state index contributed by atoms with van der Waals surface area (Å²) in [7, 11) is 0. The fraction of sp³-hybridized carbons (Fsp3) is 0.333. The minimum atomic E-state index is -0.590. The number of amides is 2. The molecule has 1 aromatic carbocycles. The maximum Gasteiger partial charge on any atom is 0.289 e. The quantitative estimate of drug-likeness (QED) is 0.549. The van der Waals surface area contributed by atoms with Gasteiger partial charge in [0.1, 0.15) is 5.02 Å². The minimum absolute atomic E-state index is 0.0228. The minimum Gasteiger partial charge on any atom is -0.349 e. The predicted molar refractivity (Wildman–Crippen MR) is 108 cm³/mol. The van der Waals surface area contributed by atoms with E-state index in [4.69, 9.17) is 11.6 Å². The zero-order valence-corrected chi connectivity index (χ0v) is 16.5.